The van der Waals surface area contributed by atoms with Crippen LogP contribution in [0.15, 0.2) is 34.9 Å². The number of nitrogens with one attached hydrogen (secondary N) is 1. The quantitative estimate of drug-likeness (QED) is 0.910. The summed E-state index contributed by atoms with van der Waals surface area (Å²) in [5.74, 6) is 1.67. The van der Waals surface area contributed by atoms with E-state index in [2.05, 4.69) is 15.5 Å². The van der Waals surface area contributed by atoms with Crippen LogP contribution >= 0.6 is 0 Å². The molecule has 1 N–H and O–H groups in total. The van der Waals surface area contributed by atoms with E-state index in [0.29, 0.717) is 24.2 Å². The minimum atomic E-state index is -0.154. The topological polar surface area (TPSA) is 71.3 Å². The highest BCUT2D eigenvalue weighted by Crippen LogP contribution is 2.32. The third kappa shape index (κ3) is 3.93. The maximum Gasteiger partial charge on any atom is 0.318 e. The average molecular weight is 328 g/mol. The van der Waals surface area contributed by atoms with Gasteiger partial charge in [0.15, 0.2) is 5.82 Å². The van der Waals surface area contributed by atoms with Crippen molar-refractivity contribution in [1.82, 2.24) is 20.4 Å². The fourth-order valence-electron chi connectivity index (χ4n) is 3.07. The first kappa shape index (κ1) is 16.5. The lowest BCUT2D eigenvalue weighted by Gasteiger charge is -2.20. The Morgan fingerprint density at radius 3 is 2.75 bits per heavy atom. The van der Waals surface area contributed by atoms with Crippen molar-refractivity contribution in [2.75, 3.05) is 7.05 Å². The van der Waals surface area contributed by atoms with Gasteiger partial charge in [0, 0.05) is 13.0 Å². The van der Waals surface area contributed by atoms with Crippen molar-refractivity contribution in [3.63, 3.8) is 0 Å². The summed E-state index contributed by atoms with van der Waals surface area (Å²) in [4.78, 5) is 18.3. The number of nitrogens with zero attached hydrogens (tertiary/aromatic N) is 3. The van der Waals surface area contributed by atoms with E-state index in [1.54, 1.807) is 11.9 Å². The minimum Gasteiger partial charge on any atom is -0.339 e. The van der Waals surface area contributed by atoms with Crippen molar-refractivity contribution in [1.29, 1.82) is 0 Å². The molecule has 1 aliphatic rings. The smallest absolute Gasteiger partial charge is 0.318 e. The van der Waals surface area contributed by atoms with Gasteiger partial charge in [-0.2, -0.15) is 4.98 Å². The SMILES string of the molecule is C[C@@H](NC(=O)N(C)Cc1noc(C2CCCC2)n1)c1ccccc1. The van der Waals surface area contributed by atoms with Gasteiger partial charge in [-0.05, 0) is 25.3 Å². The van der Waals surface area contributed by atoms with E-state index < -0.39 is 0 Å². The maximum absolute atomic E-state index is 12.3. The summed E-state index contributed by atoms with van der Waals surface area (Å²) in [5, 5.41) is 6.99. The molecule has 2 aromatic rings. The zero-order valence-corrected chi connectivity index (χ0v) is 14.2. The zero-order valence-electron chi connectivity index (χ0n) is 14.2. The molecule has 1 saturated carbocycles. The second kappa shape index (κ2) is 7.47. The first-order valence-electron chi connectivity index (χ1n) is 8.52. The van der Waals surface area contributed by atoms with Crippen molar-refractivity contribution >= 4 is 6.03 Å². The summed E-state index contributed by atoms with van der Waals surface area (Å²) in [6.07, 6.45) is 4.68. The molecule has 1 fully saturated rings. The Bertz CT molecular complexity index is 665. The predicted molar refractivity (Wildman–Crippen MR) is 90.4 cm³/mol. The van der Waals surface area contributed by atoms with Gasteiger partial charge in [0.25, 0.3) is 0 Å². The van der Waals surface area contributed by atoms with Gasteiger partial charge in [-0.25, -0.2) is 4.79 Å². The molecule has 0 unspecified atom stereocenters. The van der Waals surface area contributed by atoms with Crippen LogP contribution in [0.25, 0.3) is 0 Å². The second-order valence-corrected chi connectivity index (χ2v) is 6.47. The summed E-state index contributed by atoms with van der Waals surface area (Å²) in [6.45, 7) is 2.30. The highest BCUT2D eigenvalue weighted by Gasteiger charge is 2.23. The molecule has 6 heteroatoms. The number of carbonyl (C=O) groups excluding carboxylic acids is 1. The van der Waals surface area contributed by atoms with Gasteiger partial charge in [0.1, 0.15) is 0 Å². The number of rotatable bonds is 5. The van der Waals surface area contributed by atoms with E-state index in [1.807, 2.05) is 37.3 Å². The molecule has 0 aliphatic heterocycles. The Kier molecular flexibility index (Phi) is 5.13. The first-order valence-corrected chi connectivity index (χ1v) is 8.52. The molecule has 0 bridgehead atoms. The molecule has 1 aromatic heterocycles. The van der Waals surface area contributed by atoms with Gasteiger partial charge in [-0.3, -0.25) is 0 Å². The Balaban J connectivity index is 1.54. The fraction of sp³-hybridized carbons (Fsp3) is 0.500. The molecule has 128 valence electrons. The van der Waals surface area contributed by atoms with Gasteiger partial charge >= 0.3 is 6.03 Å². The molecule has 1 atom stereocenters. The normalized spacial score (nSPS) is 16.1. The van der Waals surface area contributed by atoms with Crippen LogP contribution in [0, 0.1) is 0 Å². The molecule has 0 saturated heterocycles. The summed E-state index contributed by atoms with van der Waals surface area (Å²) in [7, 11) is 1.73. The Morgan fingerprint density at radius 1 is 1.33 bits per heavy atom. The standard InChI is InChI=1S/C18H24N4O2/c1-13(14-8-4-3-5-9-14)19-18(23)22(2)12-16-20-17(24-21-16)15-10-6-7-11-15/h3-5,8-9,13,15H,6-7,10-12H2,1-2H3,(H,19,23)/t13-/m1/s1. The van der Waals surface area contributed by atoms with Gasteiger partial charge in [0.2, 0.25) is 5.89 Å². The molecule has 6 nitrogen and oxygen atoms in total. The fourth-order valence-corrected chi connectivity index (χ4v) is 3.07. The summed E-state index contributed by atoms with van der Waals surface area (Å²) < 4.78 is 5.36. The summed E-state index contributed by atoms with van der Waals surface area (Å²) in [5.41, 5.74) is 1.07. The van der Waals surface area contributed by atoms with Crippen LogP contribution in [0.5, 0.6) is 0 Å². The lowest BCUT2D eigenvalue weighted by Crippen LogP contribution is -2.38. The van der Waals surface area contributed by atoms with Gasteiger partial charge in [-0.1, -0.05) is 48.3 Å². The Hall–Kier alpha value is -2.37. The number of urea groups is 1. The Morgan fingerprint density at radius 2 is 2.04 bits per heavy atom. The van der Waals surface area contributed by atoms with E-state index in [9.17, 15) is 4.79 Å². The maximum atomic E-state index is 12.3. The van der Waals surface area contributed by atoms with E-state index in [4.69, 9.17) is 4.52 Å². The monoisotopic (exact) mass is 328 g/mol. The molecule has 0 radical (unpaired) electrons. The molecular weight excluding hydrogens is 304 g/mol. The Labute approximate surface area is 142 Å². The average Bonchev–Trinajstić information content (AvgIpc) is 3.26. The highest BCUT2D eigenvalue weighted by molar-refractivity contribution is 5.74. The second-order valence-electron chi connectivity index (χ2n) is 6.47. The highest BCUT2D eigenvalue weighted by atomic mass is 16.5. The minimum absolute atomic E-state index is 0.0551. The van der Waals surface area contributed by atoms with Crippen LogP contribution in [0.2, 0.25) is 0 Å². The van der Waals surface area contributed by atoms with Gasteiger partial charge < -0.3 is 14.7 Å². The summed E-state index contributed by atoms with van der Waals surface area (Å²) in [6, 6.07) is 9.68. The first-order chi connectivity index (χ1) is 11.6. The van der Waals surface area contributed by atoms with Crippen molar-refractivity contribution in [3.05, 3.63) is 47.6 Å². The molecule has 2 amide bonds. The van der Waals surface area contributed by atoms with Crippen molar-refractivity contribution in [2.45, 2.75) is 51.1 Å². The van der Waals surface area contributed by atoms with Crippen LogP contribution < -0.4 is 5.32 Å². The van der Waals surface area contributed by atoms with Crippen LogP contribution in [0.4, 0.5) is 4.79 Å². The molecular formula is C18H24N4O2. The lowest BCUT2D eigenvalue weighted by atomic mass is 10.1. The molecule has 3 rings (SSSR count). The number of hydrogen-bond donors (Lipinski definition) is 1. The molecule has 0 spiro atoms. The number of hydrogen-bond acceptors (Lipinski definition) is 4. The third-order valence-corrected chi connectivity index (χ3v) is 4.55. The number of aromatic nitrogens is 2. The van der Waals surface area contributed by atoms with Crippen molar-refractivity contribution in [2.24, 2.45) is 0 Å². The van der Waals surface area contributed by atoms with Crippen molar-refractivity contribution in [3.8, 4) is 0 Å². The molecule has 24 heavy (non-hydrogen) atoms. The van der Waals surface area contributed by atoms with Crippen LogP contribution in [-0.2, 0) is 6.54 Å². The molecule has 1 aromatic carbocycles. The predicted octanol–water partition coefficient (Wildman–Crippen LogP) is 3.63. The van der Waals surface area contributed by atoms with Crippen LogP contribution in [-0.4, -0.2) is 28.1 Å². The number of carbonyl (C=O) groups is 1. The molecule has 1 heterocycles. The largest absolute Gasteiger partial charge is 0.339 e. The van der Waals surface area contributed by atoms with Gasteiger partial charge in [0.05, 0.1) is 12.6 Å². The summed E-state index contributed by atoms with van der Waals surface area (Å²) >= 11 is 0. The van der Waals surface area contributed by atoms with Crippen LogP contribution in [0.3, 0.4) is 0 Å². The van der Waals surface area contributed by atoms with Crippen LogP contribution in [0.1, 0.15) is 61.8 Å². The van der Waals surface area contributed by atoms with E-state index in [1.165, 1.54) is 12.8 Å². The third-order valence-electron chi connectivity index (χ3n) is 4.55. The van der Waals surface area contributed by atoms with Gasteiger partial charge in [-0.15, -0.1) is 0 Å². The number of amides is 2. The van der Waals surface area contributed by atoms with E-state index >= 15 is 0 Å². The van der Waals surface area contributed by atoms with E-state index in [-0.39, 0.29) is 12.1 Å². The van der Waals surface area contributed by atoms with E-state index in [0.717, 1.165) is 18.4 Å². The zero-order chi connectivity index (χ0) is 16.9. The molecule has 1 aliphatic carbocycles. The lowest BCUT2D eigenvalue weighted by molar-refractivity contribution is 0.202. The van der Waals surface area contributed by atoms with Crippen molar-refractivity contribution < 1.29 is 9.32 Å². The number of benzene rings is 1.